The molecule has 1 unspecified atom stereocenters. The van der Waals surface area contributed by atoms with Gasteiger partial charge in [0.2, 0.25) is 0 Å². The number of halogens is 1. The molecule has 0 saturated carbocycles. The summed E-state index contributed by atoms with van der Waals surface area (Å²) >= 11 is 1.30. The number of allylic oxidation sites excluding steroid dienone is 1. The van der Waals surface area contributed by atoms with E-state index in [2.05, 4.69) is 18.4 Å². The highest BCUT2D eigenvalue weighted by Gasteiger charge is 2.33. The zero-order valence-corrected chi connectivity index (χ0v) is 26.2. The highest BCUT2D eigenvalue weighted by molar-refractivity contribution is 7.07. The van der Waals surface area contributed by atoms with Crippen LogP contribution in [0.3, 0.4) is 0 Å². The van der Waals surface area contributed by atoms with E-state index in [1.54, 1.807) is 30.5 Å². The Hall–Kier alpha value is -4.56. The molecule has 44 heavy (non-hydrogen) atoms. The topological polar surface area (TPSA) is 65.6 Å². The van der Waals surface area contributed by atoms with Crippen LogP contribution in [0.15, 0.2) is 93.9 Å². The van der Waals surface area contributed by atoms with E-state index >= 15 is 0 Å². The van der Waals surface area contributed by atoms with E-state index in [1.807, 2.05) is 67.6 Å². The smallest absolute Gasteiger partial charge is 0.338 e. The van der Waals surface area contributed by atoms with Gasteiger partial charge in [0.15, 0.2) is 4.80 Å². The maximum atomic E-state index is 14.6. The van der Waals surface area contributed by atoms with Gasteiger partial charge in [-0.2, -0.15) is 0 Å². The first-order valence-corrected chi connectivity index (χ1v) is 15.6. The lowest BCUT2D eigenvalue weighted by Gasteiger charge is -2.25. The van der Waals surface area contributed by atoms with E-state index < -0.39 is 12.0 Å². The first kappa shape index (κ1) is 29.5. The molecule has 8 heteroatoms. The molecule has 5 aromatic rings. The Kier molecular flexibility index (Phi) is 7.95. The lowest BCUT2D eigenvalue weighted by Crippen LogP contribution is -2.40. The highest BCUT2D eigenvalue weighted by Crippen LogP contribution is 2.32. The van der Waals surface area contributed by atoms with Crippen molar-refractivity contribution in [3.8, 4) is 0 Å². The van der Waals surface area contributed by atoms with Gasteiger partial charge >= 0.3 is 5.97 Å². The largest absolute Gasteiger partial charge is 0.463 e. The van der Waals surface area contributed by atoms with Gasteiger partial charge in [-0.05, 0) is 56.0 Å². The first-order chi connectivity index (χ1) is 21.2. The summed E-state index contributed by atoms with van der Waals surface area (Å²) in [6.45, 7) is 10.4. The molecular formula is C36H34FN3O3S. The minimum Gasteiger partial charge on any atom is -0.463 e. The van der Waals surface area contributed by atoms with Crippen LogP contribution in [0.25, 0.3) is 17.0 Å². The van der Waals surface area contributed by atoms with Gasteiger partial charge in [-0.25, -0.2) is 14.2 Å². The van der Waals surface area contributed by atoms with Crippen LogP contribution in [-0.4, -0.2) is 21.7 Å². The predicted molar refractivity (Wildman–Crippen MR) is 173 cm³/mol. The van der Waals surface area contributed by atoms with Crippen molar-refractivity contribution in [2.24, 2.45) is 4.99 Å². The third-order valence-corrected chi connectivity index (χ3v) is 9.26. The number of nitrogens with zero attached hydrogens (tertiary/aromatic N) is 3. The van der Waals surface area contributed by atoms with Gasteiger partial charge in [0.1, 0.15) is 5.82 Å². The zero-order chi connectivity index (χ0) is 31.1. The molecule has 6 nitrogen and oxygen atoms in total. The Morgan fingerprint density at radius 3 is 2.45 bits per heavy atom. The van der Waals surface area contributed by atoms with Gasteiger partial charge in [-0.1, -0.05) is 85.8 Å². The number of para-hydroxylation sites is 1. The molecule has 1 aliphatic rings. The second kappa shape index (κ2) is 11.8. The summed E-state index contributed by atoms with van der Waals surface area (Å²) in [6, 6.07) is 22.1. The van der Waals surface area contributed by atoms with Crippen LogP contribution in [0.5, 0.6) is 0 Å². The minimum atomic E-state index is -0.669. The van der Waals surface area contributed by atoms with Gasteiger partial charge in [0.05, 0.1) is 35.0 Å². The fraction of sp³-hybridized carbons (Fsp3) is 0.250. The van der Waals surface area contributed by atoms with Crippen molar-refractivity contribution < 1.29 is 13.9 Å². The van der Waals surface area contributed by atoms with Crippen LogP contribution in [0.4, 0.5) is 4.39 Å². The van der Waals surface area contributed by atoms with Crippen LogP contribution in [0.2, 0.25) is 0 Å². The number of ether oxygens (including phenoxy) is 1. The predicted octanol–water partition coefficient (Wildman–Crippen LogP) is 6.37. The first-order valence-electron chi connectivity index (χ1n) is 14.8. The van der Waals surface area contributed by atoms with E-state index in [0.717, 1.165) is 27.7 Å². The monoisotopic (exact) mass is 607 g/mol. The van der Waals surface area contributed by atoms with E-state index in [0.29, 0.717) is 38.6 Å². The molecule has 0 spiro atoms. The molecule has 0 fully saturated rings. The maximum Gasteiger partial charge on any atom is 0.338 e. The summed E-state index contributed by atoms with van der Waals surface area (Å²) in [7, 11) is 0. The van der Waals surface area contributed by atoms with Crippen molar-refractivity contribution in [2.45, 2.75) is 53.1 Å². The Morgan fingerprint density at radius 1 is 1.05 bits per heavy atom. The number of benzene rings is 3. The number of carbonyl (C=O) groups excluding carboxylic acids is 1. The standard InChI is InChI=1S/C36H34FN3O3S/c1-6-43-35(42)32-22(4)38-36-40(33(32)25-17-15-24(16-18-25)21(2)3)34(41)31(44-36)19-28-23(5)39(30-14-10-8-12-27(28)30)20-26-11-7-9-13-29(26)37/h7-19,21,33H,6,20H2,1-5H3. The number of aromatic nitrogens is 2. The molecular weight excluding hydrogens is 573 g/mol. The summed E-state index contributed by atoms with van der Waals surface area (Å²) in [5, 5.41) is 0.969. The SMILES string of the molecule is CCOC(=O)C1=C(C)N=c2sc(=Cc3c(C)n(Cc4ccccc4F)c4ccccc34)c(=O)n2C1c1ccc(C(C)C)cc1. The molecule has 0 amide bonds. The average Bonchev–Trinajstić information content (AvgIpc) is 3.46. The van der Waals surface area contributed by atoms with Crippen molar-refractivity contribution >= 4 is 34.3 Å². The minimum absolute atomic E-state index is 0.218. The Balaban J connectivity index is 1.54. The molecule has 3 aromatic carbocycles. The lowest BCUT2D eigenvalue weighted by molar-refractivity contribution is -0.139. The van der Waals surface area contributed by atoms with Crippen molar-refractivity contribution in [1.29, 1.82) is 0 Å². The second-order valence-corrected chi connectivity index (χ2v) is 12.3. The van der Waals surface area contributed by atoms with Crippen molar-refractivity contribution in [3.05, 3.63) is 138 Å². The molecule has 1 aliphatic heterocycles. The Labute approximate surface area is 259 Å². The normalized spacial score (nSPS) is 15.2. The van der Waals surface area contributed by atoms with E-state index in [1.165, 1.54) is 23.0 Å². The molecule has 6 rings (SSSR count). The molecule has 0 radical (unpaired) electrons. The number of rotatable bonds is 7. The molecule has 0 saturated heterocycles. The zero-order valence-electron chi connectivity index (χ0n) is 25.4. The van der Waals surface area contributed by atoms with Crippen LogP contribution < -0.4 is 14.9 Å². The van der Waals surface area contributed by atoms with Gasteiger partial charge in [-0.15, -0.1) is 0 Å². The van der Waals surface area contributed by atoms with Crippen LogP contribution in [0, 0.1) is 12.7 Å². The van der Waals surface area contributed by atoms with Crippen LogP contribution in [-0.2, 0) is 16.1 Å². The number of carbonyl (C=O) groups is 1. The molecule has 224 valence electrons. The van der Waals surface area contributed by atoms with Gasteiger partial charge in [0.25, 0.3) is 5.56 Å². The van der Waals surface area contributed by atoms with Gasteiger partial charge in [-0.3, -0.25) is 9.36 Å². The third-order valence-electron chi connectivity index (χ3n) is 8.28. The summed E-state index contributed by atoms with van der Waals surface area (Å²) in [6.07, 6.45) is 1.90. The Morgan fingerprint density at radius 2 is 1.75 bits per heavy atom. The lowest BCUT2D eigenvalue weighted by atomic mass is 9.93. The number of fused-ring (bicyclic) bond motifs is 2. The molecule has 3 heterocycles. The molecule has 0 N–H and O–H groups in total. The van der Waals surface area contributed by atoms with Gasteiger partial charge < -0.3 is 9.30 Å². The van der Waals surface area contributed by atoms with Crippen molar-refractivity contribution in [2.75, 3.05) is 6.61 Å². The number of hydrogen-bond acceptors (Lipinski definition) is 5. The summed E-state index contributed by atoms with van der Waals surface area (Å²) in [5.41, 5.74) is 6.01. The Bertz CT molecular complexity index is 2120. The van der Waals surface area contributed by atoms with E-state index in [9.17, 15) is 14.0 Å². The number of esters is 1. The van der Waals surface area contributed by atoms with E-state index in [4.69, 9.17) is 9.73 Å². The third kappa shape index (κ3) is 5.13. The summed E-state index contributed by atoms with van der Waals surface area (Å²) in [4.78, 5) is 32.8. The summed E-state index contributed by atoms with van der Waals surface area (Å²) in [5.74, 6) is -0.390. The fourth-order valence-corrected chi connectivity index (χ4v) is 6.97. The highest BCUT2D eigenvalue weighted by atomic mass is 32.1. The quantitative estimate of drug-likeness (QED) is 0.202. The van der Waals surface area contributed by atoms with Gasteiger partial charge in [0, 0.05) is 27.7 Å². The summed E-state index contributed by atoms with van der Waals surface area (Å²) < 4.78 is 24.3. The molecule has 0 bridgehead atoms. The molecule has 2 aromatic heterocycles. The number of thiazole rings is 1. The fourth-order valence-electron chi connectivity index (χ4n) is 5.94. The van der Waals surface area contributed by atoms with Crippen LogP contribution >= 0.6 is 11.3 Å². The van der Waals surface area contributed by atoms with Crippen LogP contribution in [0.1, 0.15) is 67.6 Å². The molecule has 1 atom stereocenters. The second-order valence-electron chi connectivity index (χ2n) is 11.3. The maximum absolute atomic E-state index is 14.6. The average molecular weight is 608 g/mol. The number of hydrogen-bond donors (Lipinski definition) is 0. The van der Waals surface area contributed by atoms with Crippen molar-refractivity contribution in [1.82, 2.24) is 9.13 Å². The van der Waals surface area contributed by atoms with E-state index in [-0.39, 0.29) is 18.0 Å². The molecule has 0 aliphatic carbocycles. The van der Waals surface area contributed by atoms with Crippen molar-refractivity contribution in [3.63, 3.8) is 0 Å².